The predicted octanol–water partition coefficient (Wildman–Crippen LogP) is 6.60. The zero-order valence-electron chi connectivity index (χ0n) is 15.3. The van der Waals surface area contributed by atoms with E-state index in [1.165, 1.54) is 7.11 Å². The molecule has 0 bridgehead atoms. The fourth-order valence-corrected chi connectivity index (χ4v) is 6.65. The summed E-state index contributed by atoms with van der Waals surface area (Å²) in [5.41, 5.74) is 1.11. The highest BCUT2D eigenvalue weighted by Crippen LogP contribution is 2.57. The van der Waals surface area contributed by atoms with E-state index in [4.69, 9.17) is 16.1 Å². The van der Waals surface area contributed by atoms with Crippen molar-refractivity contribution in [2.24, 2.45) is 5.92 Å². The van der Waals surface area contributed by atoms with Crippen LogP contribution in [0.4, 0.5) is 5.69 Å². The van der Waals surface area contributed by atoms with Crippen LogP contribution in [-0.4, -0.2) is 23.8 Å². The molecule has 0 amide bonds. The van der Waals surface area contributed by atoms with Crippen LogP contribution in [0.5, 0.6) is 0 Å². The number of hydrogen-bond donors (Lipinski definition) is 2. The highest BCUT2D eigenvalue weighted by molar-refractivity contribution is 7.61. The van der Waals surface area contributed by atoms with Gasteiger partial charge in [0.1, 0.15) is 4.88 Å². The van der Waals surface area contributed by atoms with Gasteiger partial charge >= 0.3 is 5.97 Å². The molecule has 1 aliphatic carbocycles. The van der Waals surface area contributed by atoms with Crippen molar-refractivity contribution in [3.05, 3.63) is 40.2 Å². The maximum absolute atomic E-state index is 13.4. The number of aromatic carboxylic acids is 1. The summed E-state index contributed by atoms with van der Waals surface area (Å²) in [5, 5.41) is 13.2. The third-order valence-corrected chi connectivity index (χ3v) is 9.07. The Balaban J connectivity index is 1.91. The SMILES string of the molecule is COP(=O)(Nc1cc(-c2ccc(Cl)cc2)sc1C(=O)O)C1CCC(C)CC1. The number of rotatable bonds is 6. The first-order valence-electron chi connectivity index (χ1n) is 8.89. The average molecular weight is 428 g/mol. The standard InChI is InChI=1S/C19H23ClNO4PS/c1-12-3-9-15(10-4-12)26(24,25-2)21-16-11-17(27-18(16)19(22)23)13-5-7-14(20)8-6-13/h5-8,11-12,15H,3-4,9-10H2,1-2H3,(H,21,24)(H,22,23). The lowest BCUT2D eigenvalue weighted by Gasteiger charge is -2.32. The number of carbonyl (C=O) groups is 1. The smallest absolute Gasteiger partial charge is 0.348 e. The number of thiophene rings is 1. The minimum absolute atomic E-state index is 0.0979. The number of carboxylic acids is 1. The molecule has 2 N–H and O–H groups in total. The molecule has 8 heteroatoms. The van der Waals surface area contributed by atoms with Gasteiger partial charge in [-0.1, -0.05) is 30.7 Å². The number of nitrogens with one attached hydrogen (secondary N) is 1. The molecule has 146 valence electrons. The van der Waals surface area contributed by atoms with Crippen LogP contribution >= 0.6 is 30.5 Å². The Morgan fingerprint density at radius 3 is 2.44 bits per heavy atom. The van der Waals surface area contributed by atoms with E-state index in [0.29, 0.717) is 16.6 Å². The van der Waals surface area contributed by atoms with Gasteiger partial charge in [-0.2, -0.15) is 0 Å². The third-order valence-electron chi connectivity index (χ3n) is 5.07. The molecule has 0 radical (unpaired) electrons. The van der Waals surface area contributed by atoms with Crippen LogP contribution in [0, 0.1) is 5.92 Å². The second-order valence-electron chi connectivity index (χ2n) is 6.97. The van der Waals surface area contributed by atoms with Crippen LogP contribution < -0.4 is 5.09 Å². The number of halogens is 1. The molecule has 1 saturated carbocycles. The lowest BCUT2D eigenvalue weighted by atomic mass is 9.91. The fourth-order valence-electron chi connectivity index (χ4n) is 3.43. The summed E-state index contributed by atoms with van der Waals surface area (Å²) >= 11 is 7.07. The van der Waals surface area contributed by atoms with Crippen molar-refractivity contribution in [3.63, 3.8) is 0 Å². The van der Waals surface area contributed by atoms with Gasteiger partial charge < -0.3 is 14.7 Å². The molecule has 1 heterocycles. The first-order valence-corrected chi connectivity index (χ1v) is 11.8. The molecule has 0 spiro atoms. The molecule has 0 saturated heterocycles. The molecule has 2 aromatic rings. The van der Waals surface area contributed by atoms with Crippen LogP contribution in [0.3, 0.4) is 0 Å². The lowest BCUT2D eigenvalue weighted by Crippen LogP contribution is -2.22. The van der Waals surface area contributed by atoms with Gasteiger partial charge in [0.05, 0.1) is 11.3 Å². The molecule has 1 aromatic carbocycles. The minimum Gasteiger partial charge on any atom is -0.477 e. The Hall–Kier alpha value is -1.33. The maximum Gasteiger partial charge on any atom is 0.348 e. The predicted molar refractivity (Wildman–Crippen MR) is 111 cm³/mol. The van der Waals surface area contributed by atoms with E-state index in [-0.39, 0.29) is 10.5 Å². The Kier molecular flexibility index (Phi) is 6.32. The molecule has 27 heavy (non-hydrogen) atoms. The molecule has 5 nitrogen and oxygen atoms in total. The van der Waals surface area contributed by atoms with E-state index in [0.717, 1.165) is 47.5 Å². The van der Waals surface area contributed by atoms with Crippen LogP contribution in [-0.2, 0) is 9.09 Å². The van der Waals surface area contributed by atoms with Crippen molar-refractivity contribution in [2.45, 2.75) is 38.3 Å². The van der Waals surface area contributed by atoms with Gasteiger partial charge in [-0.25, -0.2) is 4.79 Å². The summed E-state index contributed by atoms with van der Waals surface area (Å²) in [7, 11) is -1.78. The van der Waals surface area contributed by atoms with Crippen LogP contribution in [0.2, 0.25) is 5.02 Å². The number of carboxylic acid groups (broad SMARTS) is 1. The number of anilines is 1. The Morgan fingerprint density at radius 1 is 1.26 bits per heavy atom. The molecule has 1 atom stereocenters. The summed E-state index contributed by atoms with van der Waals surface area (Å²) in [6.45, 7) is 2.20. The van der Waals surface area contributed by atoms with Crippen molar-refractivity contribution in [2.75, 3.05) is 12.2 Å². The van der Waals surface area contributed by atoms with E-state index < -0.39 is 13.5 Å². The van der Waals surface area contributed by atoms with E-state index in [1.807, 2.05) is 12.1 Å². The van der Waals surface area contributed by atoms with Gasteiger partial charge in [0.2, 0.25) is 0 Å². The zero-order valence-corrected chi connectivity index (χ0v) is 17.7. The largest absolute Gasteiger partial charge is 0.477 e. The van der Waals surface area contributed by atoms with Crippen LogP contribution in [0.15, 0.2) is 30.3 Å². The monoisotopic (exact) mass is 427 g/mol. The van der Waals surface area contributed by atoms with Crippen LogP contribution in [0.1, 0.15) is 42.3 Å². The summed E-state index contributed by atoms with van der Waals surface area (Å²) in [5.74, 6) is -0.429. The van der Waals surface area contributed by atoms with Gasteiger partial charge in [-0.05, 0) is 55.4 Å². The average Bonchev–Trinajstić information content (AvgIpc) is 3.06. The molecular weight excluding hydrogens is 405 g/mol. The van der Waals surface area contributed by atoms with Gasteiger partial charge in [-0.15, -0.1) is 11.3 Å². The molecular formula is C19H23ClNO4PS. The maximum atomic E-state index is 13.4. The molecule has 3 rings (SSSR count). The molecule has 1 aromatic heterocycles. The van der Waals surface area contributed by atoms with Crippen molar-refractivity contribution in [3.8, 4) is 10.4 Å². The highest BCUT2D eigenvalue weighted by atomic mass is 35.5. The summed E-state index contributed by atoms with van der Waals surface area (Å²) in [4.78, 5) is 12.6. The number of hydrogen-bond acceptors (Lipinski definition) is 4. The van der Waals surface area contributed by atoms with Crippen molar-refractivity contribution < 1.29 is 19.0 Å². The second kappa shape index (κ2) is 8.36. The van der Waals surface area contributed by atoms with E-state index in [9.17, 15) is 14.5 Å². The van der Waals surface area contributed by atoms with E-state index >= 15 is 0 Å². The van der Waals surface area contributed by atoms with Gasteiger partial charge in [-0.3, -0.25) is 4.57 Å². The molecule has 0 aliphatic heterocycles. The number of benzene rings is 1. The highest BCUT2D eigenvalue weighted by Gasteiger charge is 2.37. The first kappa shape index (κ1) is 20.4. The van der Waals surface area contributed by atoms with Gasteiger partial charge in [0.25, 0.3) is 7.52 Å². The minimum atomic E-state index is -3.20. The first-order chi connectivity index (χ1) is 12.8. The van der Waals surface area contributed by atoms with Gasteiger partial charge in [0.15, 0.2) is 0 Å². The summed E-state index contributed by atoms with van der Waals surface area (Å²) in [6.07, 6.45) is 3.64. The lowest BCUT2D eigenvalue weighted by molar-refractivity contribution is 0.0703. The molecule has 1 fully saturated rings. The summed E-state index contributed by atoms with van der Waals surface area (Å²) < 4.78 is 18.9. The van der Waals surface area contributed by atoms with Crippen molar-refractivity contribution >= 4 is 42.1 Å². The Bertz CT molecular complexity index is 859. The third kappa shape index (κ3) is 4.57. The van der Waals surface area contributed by atoms with Crippen molar-refractivity contribution in [1.82, 2.24) is 0 Å². The van der Waals surface area contributed by atoms with E-state index in [1.54, 1.807) is 18.2 Å². The second-order valence-corrected chi connectivity index (χ2v) is 11.0. The Morgan fingerprint density at radius 2 is 1.89 bits per heavy atom. The Labute approximate surface area is 168 Å². The van der Waals surface area contributed by atoms with Gasteiger partial charge in [0, 0.05) is 17.0 Å². The normalized spacial score (nSPS) is 22.2. The van der Waals surface area contributed by atoms with Crippen LogP contribution in [0.25, 0.3) is 10.4 Å². The topological polar surface area (TPSA) is 75.6 Å². The fraction of sp³-hybridized carbons (Fsp3) is 0.421. The quantitative estimate of drug-likeness (QED) is 0.508. The molecule has 1 aliphatic rings. The molecule has 1 unspecified atom stereocenters. The summed E-state index contributed by atoms with van der Waals surface area (Å²) in [6, 6.07) is 8.92. The van der Waals surface area contributed by atoms with Crippen molar-refractivity contribution in [1.29, 1.82) is 0 Å². The zero-order chi connectivity index (χ0) is 19.6. The van der Waals surface area contributed by atoms with E-state index in [2.05, 4.69) is 12.0 Å².